The molecule has 5 nitrogen and oxygen atoms in total. The molecule has 2 rings (SSSR count). The zero-order chi connectivity index (χ0) is 23.5. The number of aliphatic hydroxyl groups excluding tert-OH is 1. The number of carbonyl (C=O) groups excluding carboxylic acids is 1. The first-order chi connectivity index (χ1) is 15.1. The predicted octanol–water partition coefficient (Wildman–Crippen LogP) is 4.98. The van der Waals surface area contributed by atoms with Crippen molar-refractivity contribution in [3.63, 3.8) is 0 Å². The van der Waals surface area contributed by atoms with E-state index in [1.165, 1.54) is 11.1 Å². The minimum Gasteiger partial charge on any atom is -0.508 e. The molecule has 2 aromatic rings. The van der Waals surface area contributed by atoms with Gasteiger partial charge in [0.25, 0.3) is 0 Å². The number of amides is 1. The van der Waals surface area contributed by atoms with Crippen molar-refractivity contribution in [1.82, 2.24) is 10.6 Å². The molecule has 31 heavy (non-hydrogen) atoms. The average Bonchev–Trinajstić information content (AvgIpc) is 2.80. The summed E-state index contributed by atoms with van der Waals surface area (Å²) in [6.07, 6.45) is 6.69. The summed E-state index contributed by atoms with van der Waals surface area (Å²) in [5.74, 6) is 0.671. The zero-order valence-corrected chi connectivity index (χ0v) is 19.7. The summed E-state index contributed by atoms with van der Waals surface area (Å²) >= 11 is 0. The van der Waals surface area contributed by atoms with Gasteiger partial charge >= 0.3 is 0 Å². The van der Waals surface area contributed by atoms with Gasteiger partial charge in [-0.3, -0.25) is 4.79 Å². The van der Waals surface area contributed by atoms with Gasteiger partial charge in [-0.05, 0) is 61.6 Å². The van der Waals surface area contributed by atoms with Crippen LogP contribution in [-0.2, 0) is 17.9 Å². The standard InChI is InChI=1S/C14H22N2O.C10H12O2.C2H6/c1-3-13(7-8-16-11-17)14-6-4-5-12(9-14)10-15-2;1-2-3-8-4-5-10(12)9(6-8)7-11;1-2/h4-6,9,11,13,15H,3,7-8,10H2,1-2H3,(H,16,17);2-6,11-12H,7H2,1H3;1-2H3/b;3-2+;. The molecular formula is C26H40N2O3. The molecule has 1 amide bonds. The maximum Gasteiger partial charge on any atom is 0.207 e. The van der Waals surface area contributed by atoms with Gasteiger partial charge in [0, 0.05) is 18.7 Å². The average molecular weight is 429 g/mol. The van der Waals surface area contributed by atoms with Crippen molar-refractivity contribution in [2.45, 2.75) is 59.6 Å². The fourth-order valence-corrected chi connectivity index (χ4v) is 3.11. The van der Waals surface area contributed by atoms with Crippen LogP contribution in [-0.4, -0.2) is 30.2 Å². The van der Waals surface area contributed by atoms with Gasteiger partial charge in [0.15, 0.2) is 0 Å². The third-order valence-electron chi connectivity index (χ3n) is 4.65. The highest BCUT2D eigenvalue weighted by Gasteiger charge is 2.09. The number of benzene rings is 2. The predicted molar refractivity (Wildman–Crippen MR) is 131 cm³/mol. The molecule has 0 radical (unpaired) electrons. The SMILES string of the molecule is C/C=C/c1ccc(O)c(CO)c1.CC.CCC(CCNC=O)c1cccc(CNC)c1. The molecule has 0 spiro atoms. The lowest BCUT2D eigenvalue weighted by atomic mass is 9.92. The van der Waals surface area contributed by atoms with Crippen molar-refractivity contribution in [2.24, 2.45) is 0 Å². The van der Waals surface area contributed by atoms with Crippen molar-refractivity contribution >= 4 is 12.5 Å². The van der Waals surface area contributed by atoms with Crippen molar-refractivity contribution in [2.75, 3.05) is 13.6 Å². The molecule has 0 aromatic heterocycles. The van der Waals surface area contributed by atoms with Crippen LogP contribution in [0.3, 0.4) is 0 Å². The molecular weight excluding hydrogens is 388 g/mol. The Kier molecular flexibility index (Phi) is 16.6. The van der Waals surface area contributed by atoms with E-state index in [2.05, 4.69) is 41.8 Å². The normalized spacial score (nSPS) is 11.0. The van der Waals surface area contributed by atoms with Crippen LogP contribution >= 0.6 is 0 Å². The van der Waals surface area contributed by atoms with Gasteiger partial charge in [0.1, 0.15) is 5.75 Å². The molecule has 2 aromatic carbocycles. The summed E-state index contributed by atoms with van der Waals surface area (Å²) in [6, 6.07) is 13.8. The topological polar surface area (TPSA) is 81.6 Å². The lowest BCUT2D eigenvalue weighted by Gasteiger charge is -2.16. The molecule has 172 valence electrons. The first-order valence-corrected chi connectivity index (χ1v) is 11.0. The van der Waals surface area contributed by atoms with E-state index in [0.29, 0.717) is 11.5 Å². The number of rotatable bonds is 10. The lowest BCUT2D eigenvalue weighted by Crippen LogP contribution is -2.15. The van der Waals surface area contributed by atoms with Crippen LogP contribution in [0.2, 0.25) is 0 Å². The van der Waals surface area contributed by atoms with E-state index in [9.17, 15) is 9.90 Å². The van der Waals surface area contributed by atoms with Gasteiger partial charge in [-0.25, -0.2) is 0 Å². The highest BCUT2D eigenvalue weighted by atomic mass is 16.3. The van der Waals surface area contributed by atoms with Gasteiger partial charge in [0.2, 0.25) is 6.41 Å². The second-order valence-electron chi connectivity index (χ2n) is 6.79. The second kappa shape index (κ2) is 18.2. The van der Waals surface area contributed by atoms with E-state index in [1.54, 1.807) is 18.2 Å². The van der Waals surface area contributed by atoms with Gasteiger partial charge in [-0.1, -0.05) is 63.3 Å². The number of phenols is 1. The fraction of sp³-hybridized carbons (Fsp3) is 0.423. The first kappa shape index (κ1) is 28.4. The Morgan fingerprint density at radius 1 is 1.13 bits per heavy atom. The Balaban J connectivity index is 0.000000564. The number of carbonyl (C=O) groups is 1. The number of nitrogens with one attached hydrogen (secondary N) is 2. The molecule has 1 atom stereocenters. The van der Waals surface area contributed by atoms with Crippen molar-refractivity contribution in [3.05, 3.63) is 70.8 Å². The Morgan fingerprint density at radius 2 is 1.87 bits per heavy atom. The van der Waals surface area contributed by atoms with Crippen LogP contribution < -0.4 is 10.6 Å². The lowest BCUT2D eigenvalue weighted by molar-refractivity contribution is -0.109. The van der Waals surface area contributed by atoms with E-state index >= 15 is 0 Å². The maximum absolute atomic E-state index is 10.2. The Labute approximate surface area is 188 Å². The Morgan fingerprint density at radius 3 is 2.45 bits per heavy atom. The van der Waals surface area contributed by atoms with E-state index < -0.39 is 0 Å². The van der Waals surface area contributed by atoms with Gasteiger partial charge in [0.05, 0.1) is 6.61 Å². The van der Waals surface area contributed by atoms with Gasteiger partial charge in [-0.15, -0.1) is 0 Å². The molecule has 0 saturated heterocycles. The molecule has 5 heteroatoms. The van der Waals surface area contributed by atoms with E-state index in [-0.39, 0.29) is 12.4 Å². The number of allylic oxidation sites excluding steroid dienone is 1. The molecule has 0 fully saturated rings. The highest BCUT2D eigenvalue weighted by Crippen LogP contribution is 2.23. The molecule has 1 unspecified atom stereocenters. The quantitative estimate of drug-likeness (QED) is 0.318. The summed E-state index contributed by atoms with van der Waals surface area (Å²) < 4.78 is 0. The third-order valence-corrected chi connectivity index (χ3v) is 4.65. The van der Waals surface area contributed by atoms with E-state index in [4.69, 9.17) is 5.11 Å². The minimum atomic E-state index is -0.128. The Bertz CT molecular complexity index is 760. The highest BCUT2D eigenvalue weighted by molar-refractivity contribution is 5.52. The summed E-state index contributed by atoms with van der Waals surface area (Å²) in [7, 11) is 1.96. The minimum absolute atomic E-state index is 0.128. The molecule has 0 saturated carbocycles. The summed E-state index contributed by atoms with van der Waals surface area (Å²) in [6.45, 7) is 9.63. The van der Waals surface area contributed by atoms with Crippen LogP contribution in [0.5, 0.6) is 5.75 Å². The number of hydrogen-bond donors (Lipinski definition) is 4. The molecule has 0 aliphatic carbocycles. The monoisotopic (exact) mass is 428 g/mol. The fourth-order valence-electron chi connectivity index (χ4n) is 3.11. The number of hydrogen-bond acceptors (Lipinski definition) is 4. The second-order valence-corrected chi connectivity index (χ2v) is 6.79. The van der Waals surface area contributed by atoms with Crippen LogP contribution in [0.4, 0.5) is 0 Å². The van der Waals surface area contributed by atoms with Crippen molar-refractivity contribution < 1.29 is 15.0 Å². The van der Waals surface area contributed by atoms with E-state index in [0.717, 1.165) is 37.9 Å². The summed E-state index contributed by atoms with van der Waals surface area (Å²) in [5.41, 5.74) is 4.23. The molecule has 4 N–H and O–H groups in total. The Hall–Kier alpha value is -2.63. The smallest absolute Gasteiger partial charge is 0.207 e. The first-order valence-electron chi connectivity index (χ1n) is 11.0. The van der Waals surface area contributed by atoms with Gasteiger partial charge < -0.3 is 20.8 Å². The van der Waals surface area contributed by atoms with Crippen LogP contribution in [0.15, 0.2) is 48.5 Å². The van der Waals surface area contributed by atoms with Crippen LogP contribution in [0.25, 0.3) is 6.08 Å². The molecule has 0 aliphatic rings. The summed E-state index contributed by atoms with van der Waals surface area (Å²) in [4.78, 5) is 10.2. The van der Waals surface area contributed by atoms with Crippen LogP contribution in [0.1, 0.15) is 68.7 Å². The van der Waals surface area contributed by atoms with Crippen molar-refractivity contribution in [3.8, 4) is 5.75 Å². The molecule has 0 aliphatic heterocycles. The largest absolute Gasteiger partial charge is 0.508 e. The molecule has 0 heterocycles. The number of aliphatic hydroxyl groups is 1. The van der Waals surface area contributed by atoms with Crippen LogP contribution in [0, 0.1) is 0 Å². The third kappa shape index (κ3) is 11.4. The zero-order valence-electron chi connectivity index (χ0n) is 19.7. The molecule has 0 bridgehead atoms. The van der Waals surface area contributed by atoms with Crippen molar-refractivity contribution in [1.29, 1.82) is 0 Å². The van der Waals surface area contributed by atoms with Gasteiger partial charge in [-0.2, -0.15) is 0 Å². The summed E-state index contributed by atoms with van der Waals surface area (Å²) in [5, 5.41) is 23.9. The maximum atomic E-state index is 10.2. The number of aromatic hydroxyl groups is 1. The van der Waals surface area contributed by atoms with E-state index in [1.807, 2.05) is 40.0 Å².